The van der Waals surface area contributed by atoms with Crippen molar-refractivity contribution < 1.29 is 8.42 Å². The average molecular weight is 461 g/mol. The second kappa shape index (κ2) is 8.69. The summed E-state index contributed by atoms with van der Waals surface area (Å²) in [6.45, 7) is 5.62. The lowest BCUT2D eigenvalue weighted by atomic mass is 10.0. The highest BCUT2D eigenvalue weighted by molar-refractivity contribution is 7.92. The molecule has 0 atom stereocenters. The van der Waals surface area contributed by atoms with Gasteiger partial charge in [-0.3, -0.25) is 0 Å². The van der Waals surface area contributed by atoms with Gasteiger partial charge < -0.3 is 4.90 Å². The maximum absolute atomic E-state index is 13.0. The summed E-state index contributed by atoms with van der Waals surface area (Å²) in [6, 6.07) is 13.2. The van der Waals surface area contributed by atoms with E-state index in [4.69, 9.17) is 16.6 Å². The highest BCUT2D eigenvalue weighted by atomic mass is 35.5. The van der Waals surface area contributed by atoms with Crippen molar-refractivity contribution in [1.29, 1.82) is 0 Å². The summed E-state index contributed by atoms with van der Waals surface area (Å²) in [5.41, 5.74) is 4.92. The number of sulfone groups is 1. The normalized spacial score (nSPS) is 15.5. The SMILES string of the molecule is Cc1ccc(Cc2csc(N3CCC(S(=O)(=O)c4ccccc4Cl)CC3)n2)cc1C. The molecule has 0 aliphatic carbocycles. The molecule has 0 N–H and O–H groups in total. The molecule has 1 aromatic heterocycles. The van der Waals surface area contributed by atoms with Crippen molar-refractivity contribution in [2.24, 2.45) is 0 Å². The van der Waals surface area contributed by atoms with Crippen molar-refractivity contribution in [2.75, 3.05) is 18.0 Å². The standard InChI is InChI=1S/C23H25ClN2O2S2/c1-16-7-8-18(13-17(16)2)14-19-15-29-23(25-19)26-11-9-20(10-12-26)30(27,28)22-6-4-3-5-21(22)24/h3-8,13,15,20H,9-12,14H2,1-2H3. The quantitative estimate of drug-likeness (QED) is 0.508. The van der Waals surface area contributed by atoms with Gasteiger partial charge in [0, 0.05) is 24.9 Å². The average Bonchev–Trinajstić information content (AvgIpc) is 3.19. The molecule has 158 valence electrons. The van der Waals surface area contributed by atoms with Crippen LogP contribution in [0.4, 0.5) is 5.13 Å². The Hall–Kier alpha value is -1.89. The van der Waals surface area contributed by atoms with Crippen molar-refractivity contribution in [2.45, 2.75) is 43.3 Å². The summed E-state index contributed by atoms with van der Waals surface area (Å²) in [6.07, 6.45) is 1.98. The van der Waals surface area contributed by atoms with Gasteiger partial charge in [-0.1, -0.05) is 41.9 Å². The molecule has 0 amide bonds. The molecule has 1 aliphatic heterocycles. The number of hydrogen-bond donors (Lipinski definition) is 0. The van der Waals surface area contributed by atoms with E-state index < -0.39 is 15.1 Å². The van der Waals surface area contributed by atoms with Crippen molar-refractivity contribution >= 4 is 37.9 Å². The molecule has 4 rings (SSSR count). The van der Waals surface area contributed by atoms with Crippen molar-refractivity contribution in [1.82, 2.24) is 4.98 Å². The highest BCUT2D eigenvalue weighted by Crippen LogP contribution is 2.32. The lowest BCUT2D eigenvalue weighted by molar-refractivity contribution is 0.529. The van der Waals surface area contributed by atoms with E-state index in [9.17, 15) is 8.42 Å². The van der Waals surface area contributed by atoms with Gasteiger partial charge in [-0.2, -0.15) is 0 Å². The molecule has 0 bridgehead atoms. The number of rotatable bonds is 5. The topological polar surface area (TPSA) is 50.3 Å². The third-order valence-electron chi connectivity index (χ3n) is 5.79. The fraction of sp³-hybridized carbons (Fsp3) is 0.348. The lowest BCUT2D eigenvalue weighted by Crippen LogP contribution is -2.39. The van der Waals surface area contributed by atoms with E-state index in [0.717, 1.165) is 17.2 Å². The molecule has 0 saturated carbocycles. The number of thiazole rings is 1. The van der Waals surface area contributed by atoms with Crippen LogP contribution in [0, 0.1) is 13.8 Å². The van der Waals surface area contributed by atoms with E-state index in [2.05, 4.69) is 42.3 Å². The Morgan fingerprint density at radius 1 is 1.10 bits per heavy atom. The van der Waals surface area contributed by atoms with E-state index in [0.29, 0.717) is 31.0 Å². The third kappa shape index (κ3) is 4.41. The van der Waals surface area contributed by atoms with Crippen LogP contribution in [0.25, 0.3) is 0 Å². The van der Waals surface area contributed by atoms with E-state index in [1.807, 2.05) is 0 Å². The van der Waals surface area contributed by atoms with Gasteiger partial charge in [0.15, 0.2) is 15.0 Å². The van der Waals surface area contributed by atoms with Crippen molar-refractivity contribution in [3.8, 4) is 0 Å². The Labute approximate surface area is 187 Å². The number of aryl methyl sites for hydroxylation is 2. The van der Waals surface area contributed by atoms with Gasteiger partial charge in [0.25, 0.3) is 0 Å². The lowest BCUT2D eigenvalue weighted by Gasteiger charge is -2.31. The maximum atomic E-state index is 13.0. The number of piperidine rings is 1. The second-order valence-corrected chi connectivity index (χ2v) is 11.3. The van der Waals surface area contributed by atoms with Crippen LogP contribution in [0.5, 0.6) is 0 Å². The number of benzene rings is 2. The van der Waals surface area contributed by atoms with Crippen LogP contribution in [0.15, 0.2) is 52.7 Å². The number of nitrogens with zero attached hydrogens (tertiary/aromatic N) is 2. The van der Waals surface area contributed by atoms with Crippen LogP contribution in [-0.2, 0) is 16.3 Å². The molecule has 2 heterocycles. The molecule has 1 saturated heterocycles. The zero-order chi connectivity index (χ0) is 21.3. The fourth-order valence-corrected chi connectivity index (χ4v) is 6.99. The van der Waals surface area contributed by atoms with Gasteiger partial charge in [-0.05, 0) is 55.5 Å². The first-order valence-electron chi connectivity index (χ1n) is 10.1. The van der Waals surface area contributed by atoms with E-state index in [-0.39, 0.29) is 4.90 Å². The Kier molecular flexibility index (Phi) is 6.19. The molecule has 30 heavy (non-hydrogen) atoms. The molecule has 0 radical (unpaired) electrons. The number of aromatic nitrogens is 1. The van der Waals surface area contributed by atoms with Crippen molar-refractivity contribution in [3.63, 3.8) is 0 Å². The smallest absolute Gasteiger partial charge is 0.185 e. The summed E-state index contributed by atoms with van der Waals surface area (Å²) >= 11 is 7.78. The van der Waals surface area contributed by atoms with Gasteiger partial charge >= 0.3 is 0 Å². The van der Waals surface area contributed by atoms with Gasteiger partial charge in [0.2, 0.25) is 0 Å². The first kappa shape index (κ1) is 21.3. The molecule has 4 nitrogen and oxygen atoms in total. The summed E-state index contributed by atoms with van der Waals surface area (Å²) in [4.78, 5) is 7.26. The summed E-state index contributed by atoms with van der Waals surface area (Å²) in [7, 11) is -3.42. The Balaban J connectivity index is 1.41. The monoisotopic (exact) mass is 460 g/mol. The van der Waals surface area contributed by atoms with Gasteiger partial charge in [0.1, 0.15) is 0 Å². The Morgan fingerprint density at radius 2 is 1.83 bits per heavy atom. The van der Waals surface area contributed by atoms with E-state index in [1.165, 1.54) is 16.7 Å². The number of hydrogen-bond acceptors (Lipinski definition) is 5. The molecule has 0 unspecified atom stereocenters. The fourth-order valence-electron chi connectivity index (χ4n) is 3.86. The maximum Gasteiger partial charge on any atom is 0.185 e. The molecule has 1 fully saturated rings. The molecule has 0 spiro atoms. The summed E-state index contributed by atoms with van der Waals surface area (Å²) < 4.78 is 26.0. The Bertz CT molecular complexity index is 1150. The zero-order valence-electron chi connectivity index (χ0n) is 17.1. The molecule has 7 heteroatoms. The third-order valence-corrected chi connectivity index (χ3v) is 9.50. The van der Waals surface area contributed by atoms with E-state index >= 15 is 0 Å². The first-order valence-corrected chi connectivity index (χ1v) is 12.9. The van der Waals surface area contributed by atoms with Crippen LogP contribution in [-0.4, -0.2) is 31.7 Å². The van der Waals surface area contributed by atoms with E-state index in [1.54, 1.807) is 35.6 Å². The highest BCUT2D eigenvalue weighted by Gasteiger charge is 2.33. The first-order chi connectivity index (χ1) is 14.3. The minimum atomic E-state index is -3.42. The molecule has 1 aliphatic rings. The summed E-state index contributed by atoms with van der Waals surface area (Å²) in [5, 5.41) is 2.98. The van der Waals surface area contributed by atoms with Crippen LogP contribution in [0.2, 0.25) is 5.02 Å². The molecule has 2 aromatic carbocycles. The molecular weight excluding hydrogens is 436 g/mol. The Morgan fingerprint density at radius 3 is 2.53 bits per heavy atom. The van der Waals surface area contributed by atoms with Gasteiger partial charge in [0.05, 0.1) is 20.9 Å². The molecular formula is C23H25ClN2O2S2. The van der Waals surface area contributed by atoms with Crippen LogP contribution in [0.1, 0.15) is 35.2 Å². The molecule has 3 aromatic rings. The zero-order valence-corrected chi connectivity index (χ0v) is 19.5. The van der Waals surface area contributed by atoms with Crippen LogP contribution < -0.4 is 4.90 Å². The van der Waals surface area contributed by atoms with Crippen LogP contribution in [0.3, 0.4) is 0 Å². The second-order valence-electron chi connectivity index (χ2n) is 7.88. The largest absolute Gasteiger partial charge is 0.348 e. The van der Waals surface area contributed by atoms with Gasteiger partial charge in [-0.15, -0.1) is 11.3 Å². The van der Waals surface area contributed by atoms with Crippen LogP contribution >= 0.6 is 22.9 Å². The number of halogens is 1. The van der Waals surface area contributed by atoms with Crippen molar-refractivity contribution in [3.05, 3.63) is 75.3 Å². The predicted molar refractivity (Wildman–Crippen MR) is 125 cm³/mol. The van der Waals surface area contributed by atoms with Gasteiger partial charge in [-0.25, -0.2) is 13.4 Å². The minimum Gasteiger partial charge on any atom is -0.348 e. The minimum absolute atomic E-state index is 0.245. The summed E-state index contributed by atoms with van der Waals surface area (Å²) in [5.74, 6) is 0. The number of anilines is 1. The predicted octanol–water partition coefficient (Wildman–Crippen LogP) is 5.45.